The number of ether oxygens (including phenoxy) is 1. The SMILES string of the molecule is CC(=O)N1c2cc(Cl)c(O)cc2Oc2cc(O)c(Cl)cc21. The van der Waals surface area contributed by atoms with Crippen LogP contribution < -0.4 is 9.64 Å². The van der Waals surface area contributed by atoms with Gasteiger partial charge in [0, 0.05) is 19.1 Å². The number of carbonyl (C=O) groups is 1. The molecular weight excluding hydrogens is 317 g/mol. The smallest absolute Gasteiger partial charge is 0.228 e. The van der Waals surface area contributed by atoms with E-state index in [1.54, 1.807) is 0 Å². The summed E-state index contributed by atoms with van der Waals surface area (Å²) in [6, 6.07) is 5.47. The fourth-order valence-electron chi connectivity index (χ4n) is 2.16. The van der Waals surface area contributed by atoms with Gasteiger partial charge in [-0.15, -0.1) is 0 Å². The molecule has 0 spiro atoms. The molecule has 0 atom stereocenters. The van der Waals surface area contributed by atoms with Crippen LogP contribution in [0.4, 0.5) is 11.4 Å². The van der Waals surface area contributed by atoms with Crippen LogP contribution in [0.5, 0.6) is 23.0 Å². The van der Waals surface area contributed by atoms with Crippen LogP contribution in [-0.2, 0) is 4.79 Å². The summed E-state index contributed by atoms with van der Waals surface area (Å²) in [7, 11) is 0. The number of benzene rings is 2. The first-order valence-corrected chi connectivity index (χ1v) is 6.67. The first-order valence-electron chi connectivity index (χ1n) is 5.92. The number of aromatic hydroxyl groups is 2. The van der Waals surface area contributed by atoms with E-state index in [0.29, 0.717) is 11.4 Å². The van der Waals surface area contributed by atoms with E-state index >= 15 is 0 Å². The Labute approximate surface area is 129 Å². The molecule has 21 heavy (non-hydrogen) atoms. The van der Waals surface area contributed by atoms with E-state index in [-0.39, 0.29) is 39.0 Å². The number of amides is 1. The van der Waals surface area contributed by atoms with Crippen LogP contribution in [0.1, 0.15) is 6.92 Å². The molecule has 1 aliphatic rings. The second-order valence-electron chi connectivity index (χ2n) is 4.50. The third-order valence-electron chi connectivity index (χ3n) is 3.07. The van der Waals surface area contributed by atoms with E-state index in [2.05, 4.69) is 0 Å². The van der Waals surface area contributed by atoms with Crippen molar-refractivity contribution in [3.05, 3.63) is 34.3 Å². The summed E-state index contributed by atoms with van der Waals surface area (Å²) in [6.45, 7) is 1.38. The van der Waals surface area contributed by atoms with Gasteiger partial charge in [0.15, 0.2) is 11.5 Å². The molecule has 0 saturated carbocycles. The third kappa shape index (κ3) is 2.14. The number of carbonyl (C=O) groups excluding carboxylic acids is 1. The molecule has 5 nitrogen and oxygen atoms in total. The quantitative estimate of drug-likeness (QED) is 0.761. The fraction of sp³-hybridized carbons (Fsp3) is 0.0714. The van der Waals surface area contributed by atoms with Crippen LogP contribution in [0.3, 0.4) is 0 Å². The topological polar surface area (TPSA) is 70.0 Å². The van der Waals surface area contributed by atoms with E-state index in [1.807, 2.05) is 0 Å². The van der Waals surface area contributed by atoms with Crippen LogP contribution in [0.25, 0.3) is 0 Å². The zero-order valence-corrected chi connectivity index (χ0v) is 12.2. The Morgan fingerprint density at radius 1 is 1.00 bits per heavy atom. The highest BCUT2D eigenvalue weighted by Crippen LogP contribution is 2.51. The van der Waals surface area contributed by atoms with E-state index < -0.39 is 0 Å². The van der Waals surface area contributed by atoms with Gasteiger partial charge < -0.3 is 14.9 Å². The average Bonchev–Trinajstić information content (AvgIpc) is 2.39. The van der Waals surface area contributed by atoms with Gasteiger partial charge in [0.05, 0.1) is 21.4 Å². The van der Waals surface area contributed by atoms with Crippen LogP contribution in [-0.4, -0.2) is 16.1 Å². The first-order chi connectivity index (χ1) is 9.88. The maximum atomic E-state index is 12.0. The standard InChI is InChI=1S/C14H9Cl2NO4/c1-6(18)17-9-2-7(15)11(19)4-13(9)21-14-5-12(20)8(16)3-10(14)17/h2-5,19-20H,1H3. The maximum Gasteiger partial charge on any atom is 0.228 e. The van der Waals surface area contributed by atoms with Crippen molar-refractivity contribution in [3.8, 4) is 23.0 Å². The van der Waals surface area contributed by atoms with Crippen molar-refractivity contribution in [2.45, 2.75) is 6.92 Å². The summed E-state index contributed by atoms with van der Waals surface area (Å²) in [6.07, 6.45) is 0. The van der Waals surface area contributed by atoms with Crippen LogP contribution in [0.15, 0.2) is 24.3 Å². The molecule has 2 N–H and O–H groups in total. The number of nitrogens with zero attached hydrogens (tertiary/aromatic N) is 1. The molecule has 0 bridgehead atoms. The third-order valence-corrected chi connectivity index (χ3v) is 3.68. The summed E-state index contributed by atoms with van der Waals surface area (Å²) >= 11 is 11.8. The summed E-state index contributed by atoms with van der Waals surface area (Å²) < 4.78 is 5.60. The van der Waals surface area contributed by atoms with Crippen molar-refractivity contribution < 1.29 is 19.7 Å². The van der Waals surface area contributed by atoms with Crippen molar-refractivity contribution >= 4 is 40.5 Å². The molecule has 1 amide bonds. The Morgan fingerprint density at radius 3 is 1.81 bits per heavy atom. The van der Waals surface area contributed by atoms with Crippen molar-refractivity contribution in [3.63, 3.8) is 0 Å². The highest BCUT2D eigenvalue weighted by molar-refractivity contribution is 6.33. The molecule has 0 aliphatic carbocycles. The van der Waals surface area contributed by atoms with Crippen LogP contribution in [0.2, 0.25) is 10.0 Å². The first kappa shape index (κ1) is 13.9. The second-order valence-corrected chi connectivity index (χ2v) is 5.31. The van der Waals surface area contributed by atoms with Crippen LogP contribution >= 0.6 is 23.2 Å². The second kappa shape index (κ2) is 4.72. The fourth-order valence-corrected chi connectivity index (χ4v) is 2.48. The van der Waals surface area contributed by atoms with Crippen molar-refractivity contribution in [2.75, 3.05) is 4.90 Å². The predicted molar refractivity (Wildman–Crippen MR) is 79.1 cm³/mol. The Kier molecular flexibility index (Phi) is 3.11. The largest absolute Gasteiger partial charge is 0.506 e. The number of hydrogen-bond donors (Lipinski definition) is 2. The minimum atomic E-state index is -0.288. The molecule has 0 fully saturated rings. The molecule has 0 radical (unpaired) electrons. The number of rotatable bonds is 0. The molecule has 7 heteroatoms. The van der Waals surface area contributed by atoms with Gasteiger partial charge in [0.25, 0.3) is 0 Å². The van der Waals surface area contributed by atoms with Gasteiger partial charge in [-0.25, -0.2) is 0 Å². The molecule has 0 aromatic heterocycles. The Hall–Kier alpha value is -2.11. The molecule has 2 aromatic rings. The van der Waals surface area contributed by atoms with Crippen molar-refractivity contribution in [1.29, 1.82) is 0 Å². The highest BCUT2D eigenvalue weighted by atomic mass is 35.5. The minimum Gasteiger partial charge on any atom is -0.506 e. The van der Waals surface area contributed by atoms with Gasteiger partial charge in [-0.1, -0.05) is 23.2 Å². The molecular formula is C14H9Cl2NO4. The maximum absolute atomic E-state index is 12.0. The molecule has 1 aliphatic heterocycles. The predicted octanol–water partition coefficient (Wildman–Crippen LogP) is 4.19. The van der Waals surface area contributed by atoms with Gasteiger partial charge in [0.2, 0.25) is 5.91 Å². The highest BCUT2D eigenvalue weighted by Gasteiger charge is 2.29. The molecule has 3 rings (SSSR count). The minimum absolute atomic E-state index is 0.0944. The molecule has 108 valence electrons. The van der Waals surface area contributed by atoms with E-state index in [4.69, 9.17) is 27.9 Å². The lowest BCUT2D eigenvalue weighted by Crippen LogP contribution is -2.26. The van der Waals surface area contributed by atoms with Crippen molar-refractivity contribution in [1.82, 2.24) is 0 Å². The van der Waals surface area contributed by atoms with Gasteiger partial charge in [0.1, 0.15) is 11.5 Å². The summed E-state index contributed by atoms with van der Waals surface area (Å²) in [5.74, 6) is -0.118. The lowest BCUT2D eigenvalue weighted by Gasteiger charge is -2.31. The normalized spacial score (nSPS) is 12.4. The Bertz CT molecular complexity index is 719. The number of phenolic OH excluding ortho intramolecular Hbond substituents is 2. The Balaban J connectivity index is 2.27. The number of halogens is 2. The van der Waals surface area contributed by atoms with Gasteiger partial charge in [-0.3, -0.25) is 9.69 Å². The molecule has 0 unspecified atom stereocenters. The zero-order valence-electron chi connectivity index (χ0n) is 10.7. The molecule has 2 aromatic carbocycles. The molecule has 1 heterocycles. The van der Waals surface area contributed by atoms with E-state index in [0.717, 1.165) is 0 Å². The number of hydrogen-bond acceptors (Lipinski definition) is 4. The van der Waals surface area contributed by atoms with E-state index in [1.165, 1.54) is 36.1 Å². The van der Waals surface area contributed by atoms with Crippen molar-refractivity contribution in [2.24, 2.45) is 0 Å². The monoisotopic (exact) mass is 325 g/mol. The number of anilines is 2. The summed E-state index contributed by atoms with van der Waals surface area (Å²) in [5, 5.41) is 19.5. The summed E-state index contributed by atoms with van der Waals surface area (Å²) in [4.78, 5) is 13.3. The zero-order chi connectivity index (χ0) is 15.3. The van der Waals surface area contributed by atoms with Gasteiger partial charge >= 0.3 is 0 Å². The molecule has 0 saturated heterocycles. The Morgan fingerprint density at radius 2 is 1.43 bits per heavy atom. The number of fused-ring (bicyclic) bond motifs is 2. The lowest BCUT2D eigenvalue weighted by atomic mass is 10.1. The van der Waals surface area contributed by atoms with E-state index in [9.17, 15) is 15.0 Å². The number of phenols is 2. The van der Waals surface area contributed by atoms with Gasteiger partial charge in [-0.2, -0.15) is 0 Å². The summed E-state index contributed by atoms with van der Waals surface area (Å²) in [5.41, 5.74) is 0.777. The van der Waals surface area contributed by atoms with Crippen LogP contribution in [0, 0.1) is 0 Å². The lowest BCUT2D eigenvalue weighted by molar-refractivity contribution is -0.115. The average molecular weight is 326 g/mol. The van der Waals surface area contributed by atoms with Gasteiger partial charge in [-0.05, 0) is 12.1 Å².